The third kappa shape index (κ3) is 7.07. The van der Waals surface area contributed by atoms with Gasteiger partial charge < -0.3 is 19.1 Å². The Morgan fingerprint density at radius 3 is 1.44 bits per heavy atom. The van der Waals surface area contributed by atoms with Crippen molar-refractivity contribution in [1.82, 2.24) is 19.1 Å². The molecular weight excluding hydrogens is 1110 g/mol. The van der Waals surface area contributed by atoms with Crippen molar-refractivity contribution in [3.63, 3.8) is 0 Å². The van der Waals surface area contributed by atoms with Crippen molar-refractivity contribution < 1.29 is 20.1 Å². The van der Waals surface area contributed by atoms with Gasteiger partial charge in [-0.3, -0.25) is 0 Å². The van der Waals surface area contributed by atoms with Crippen LogP contribution in [0.15, 0.2) is 231 Å². The number of pyridine rings is 2. The Kier molecular flexibility index (Phi) is 10.7. The van der Waals surface area contributed by atoms with Gasteiger partial charge in [-0.15, -0.1) is 70.8 Å². The van der Waals surface area contributed by atoms with Gasteiger partial charge in [0.1, 0.15) is 0 Å². The molecule has 1 radical (unpaired) electrons. The van der Waals surface area contributed by atoms with Gasteiger partial charge in [0.25, 0.3) is 0 Å². The van der Waals surface area contributed by atoms with Crippen LogP contribution in [0.4, 0.5) is 0 Å². The summed E-state index contributed by atoms with van der Waals surface area (Å²) in [7, 11) is 0. The van der Waals surface area contributed by atoms with Crippen LogP contribution in [-0.2, 0) is 30.9 Å². The van der Waals surface area contributed by atoms with Crippen LogP contribution >= 0.6 is 0 Å². The Labute approximate surface area is 461 Å². The van der Waals surface area contributed by atoms with Crippen LogP contribution in [0.2, 0.25) is 0 Å². The van der Waals surface area contributed by atoms with E-state index in [4.69, 9.17) is 9.97 Å². The molecule has 0 saturated carbocycles. The molecule has 2 aliphatic rings. The second kappa shape index (κ2) is 17.7. The molecule has 77 heavy (non-hydrogen) atoms. The summed E-state index contributed by atoms with van der Waals surface area (Å²) >= 11 is 0. The van der Waals surface area contributed by atoms with E-state index in [0.717, 1.165) is 33.3 Å². The minimum absolute atomic E-state index is 0. The number of para-hydroxylation sites is 4. The molecule has 10 aromatic carbocycles. The molecule has 0 N–H and O–H groups in total. The number of hydrogen-bond donors (Lipinski definition) is 0. The largest absolute Gasteiger partial charge is 0.309 e. The fourth-order valence-corrected chi connectivity index (χ4v) is 12.9. The van der Waals surface area contributed by atoms with Gasteiger partial charge >= 0.3 is 0 Å². The summed E-state index contributed by atoms with van der Waals surface area (Å²) in [4.78, 5) is 9.47. The molecule has 0 fully saturated rings. The third-order valence-corrected chi connectivity index (χ3v) is 16.7. The van der Waals surface area contributed by atoms with Crippen molar-refractivity contribution in [3.05, 3.63) is 265 Å². The van der Waals surface area contributed by atoms with E-state index in [1.807, 2.05) is 24.5 Å². The smallest absolute Gasteiger partial charge is 0.0582 e. The number of aromatic nitrogens is 4. The maximum atomic E-state index is 4.74. The number of benzene rings is 10. The molecule has 16 rings (SSSR count). The summed E-state index contributed by atoms with van der Waals surface area (Å²) in [6.07, 6.45) is 3.77. The van der Waals surface area contributed by atoms with E-state index >= 15 is 0 Å². The van der Waals surface area contributed by atoms with E-state index < -0.39 is 0 Å². The molecule has 0 amide bonds. The van der Waals surface area contributed by atoms with Gasteiger partial charge in [0, 0.05) is 64.9 Å². The first-order valence-electron chi connectivity index (χ1n) is 26.3. The van der Waals surface area contributed by atoms with E-state index in [1.165, 1.54) is 110 Å². The summed E-state index contributed by atoms with van der Waals surface area (Å²) in [5.74, 6) is 0. The molecule has 0 bridgehead atoms. The maximum absolute atomic E-state index is 4.74. The number of nitrogens with zero attached hydrogens (tertiary/aromatic N) is 4. The van der Waals surface area contributed by atoms with Crippen LogP contribution in [0.3, 0.4) is 0 Å². The van der Waals surface area contributed by atoms with Gasteiger partial charge in [-0.25, -0.2) is 0 Å². The molecular formula is C72H50IrN4-2. The zero-order chi connectivity index (χ0) is 50.9. The summed E-state index contributed by atoms with van der Waals surface area (Å²) in [6.45, 7) is 9.40. The Morgan fingerprint density at radius 1 is 0.351 bits per heavy atom. The minimum atomic E-state index is -0.129. The first-order chi connectivity index (χ1) is 37.2. The van der Waals surface area contributed by atoms with Crippen molar-refractivity contribution in [1.29, 1.82) is 0 Å². The minimum Gasteiger partial charge on any atom is -0.309 e. The number of fused-ring (bicyclic) bond motifs is 12. The molecule has 0 aliphatic carbocycles. The van der Waals surface area contributed by atoms with Gasteiger partial charge in [0.05, 0.1) is 33.4 Å². The standard InChI is InChI=1S/2C36H25N2.Ir/c1-36(2)30-14-5-6-16-33(30)38-32-18-17-25(22-29(32)28-13-8-15-31(36)35(28)38)24-10-7-11-26(21-24)34-27-12-4-3-9-23(27)19-20-37-34;1-36(2)30-15-8-14-29-28-13-5-6-16-32(28)38(35(29)30)33-18-17-25(22-31(33)36)24-10-7-11-26(21-24)34-27-12-4-3-9-23(27)19-20-37-34;/h2*3-10,12-22H,1-2H3;/q2*-1;. The Balaban J connectivity index is 0.000000138. The maximum Gasteiger partial charge on any atom is 0.0582 e. The van der Waals surface area contributed by atoms with E-state index in [-0.39, 0.29) is 30.9 Å². The molecule has 2 aliphatic heterocycles. The Morgan fingerprint density at radius 2 is 0.805 bits per heavy atom. The monoisotopic (exact) mass is 1160 g/mol. The topological polar surface area (TPSA) is 35.6 Å². The second-order valence-corrected chi connectivity index (χ2v) is 21.6. The van der Waals surface area contributed by atoms with Gasteiger partial charge in [0.15, 0.2) is 0 Å². The molecule has 0 saturated heterocycles. The van der Waals surface area contributed by atoms with Crippen LogP contribution in [0.5, 0.6) is 0 Å². The summed E-state index contributed by atoms with van der Waals surface area (Å²) in [5, 5.41) is 9.90. The van der Waals surface area contributed by atoms with E-state index in [9.17, 15) is 0 Å². The fraction of sp³-hybridized carbons (Fsp3) is 0.0833. The van der Waals surface area contributed by atoms with Gasteiger partial charge in [-0.1, -0.05) is 161 Å². The quantitative estimate of drug-likeness (QED) is 0.165. The van der Waals surface area contributed by atoms with Gasteiger partial charge in [-0.2, -0.15) is 0 Å². The Bertz CT molecular complexity index is 4710. The first kappa shape index (κ1) is 46.8. The van der Waals surface area contributed by atoms with Crippen LogP contribution in [-0.4, -0.2) is 19.1 Å². The summed E-state index contributed by atoms with van der Waals surface area (Å²) in [5.41, 5.74) is 21.7. The third-order valence-electron chi connectivity index (χ3n) is 16.7. The second-order valence-electron chi connectivity index (χ2n) is 21.6. The van der Waals surface area contributed by atoms with Crippen LogP contribution in [0.25, 0.3) is 121 Å². The molecule has 0 atom stereocenters. The fourth-order valence-electron chi connectivity index (χ4n) is 12.9. The van der Waals surface area contributed by atoms with Crippen molar-refractivity contribution in [3.8, 4) is 56.1 Å². The van der Waals surface area contributed by atoms with Crippen molar-refractivity contribution in [2.24, 2.45) is 0 Å². The average Bonchev–Trinajstić information content (AvgIpc) is 4.14. The average molecular weight is 1160 g/mol. The van der Waals surface area contributed by atoms with Crippen LogP contribution in [0, 0.1) is 12.1 Å². The number of rotatable bonds is 4. The van der Waals surface area contributed by atoms with Gasteiger partial charge in [0.2, 0.25) is 0 Å². The first-order valence-corrected chi connectivity index (χ1v) is 26.3. The van der Waals surface area contributed by atoms with Crippen molar-refractivity contribution in [2.75, 3.05) is 0 Å². The molecule has 0 unspecified atom stereocenters. The number of hydrogen-bond acceptors (Lipinski definition) is 2. The molecule has 4 nitrogen and oxygen atoms in total. The molecule has 6 heterocycles. The SMILES string of the molecule is CC1(C)c2cc(-c3cc[c-]c(-c4nccc5ccccc45)c3)ccc2-n2c3ccccc3c3cccc1c32.CC1(C)c2ccccc2-n2c3ccc(-c4cc[c-]c(-c5nccc6ccccc56)c4)cc3c3cccc1c32.[Ir]. The van der Waals surface area contributed by atoms with E-state index in [1.54, 1.807) is 0 Å². The molecule has 0 spiro atoms. The summed E-state index contributed by atoms with van der Waals surface area (Å²) < 4.78 is 4.93. The van der Waals surface area contributed by atoms with Crippen molar-refractivity contribution >= 4 is 65.2 Å². The van der Waals surface area contributed by atoms with E-state index in [2.05, 4.69) is 255 Å². The molecule has 4 aromatic heterocycles. The zero-order valence-electron chi connectivity index (χ0n) is 43.1. The molecule has 369 valence electrons. The molecule has 5 heteroatoms. The van der Waals surface area contributed by atoms with Crippen LogP contribution in [0.1, 0.15) is 49.9 Å². The zero-order valence-corrected chi connectivity index (χ0v) is 45.5. The van der Waals surface area contributed by atoms with E-state index in [0.29, 0.717) is 0 Å². The predicted molar refractivity (Wildman–Crippen MR) is 316 cm³/mol. The summed E-state index contributed by atoms with van der Waals surface area (Å²) in [6, 6.07) is 85.6. The molecule has 14 aromatic rings. The van der Waals surface area contributed by atoms with Gasteiger partial charge in [-0.05, 0) is 115 Å². The predicted octanol–water partition coefficient (Wildman–Crippen LogP) is 18.2. The Hall–Kier alpha value is -8.73. The van der Waals surface area contributed by atoms with Crippen molar-refractivity contribution in [2.45, 2.75) is 38.5 Å². The van der Waals surface area contributed by atoms with Crippen LogP contribution < -0.4 is 0 Å². The normalized spacial score (nSPS) is 13.6.